The number of ether oxygens (including phenoxy) is 4. The summed E-state index contributed by atoms with van der Waals surface area (Å²) < 4.78 is 24.7. The summed E-state index contributed by atoms with van der Waals surface area (Å²) in [5, 5.41) is 7.34. The van der Waals surface area contributed by atoms with Gasteiger partial charge in [0, 0.05) is 0 Å². The summed E-state index contributed by atoms with van der Waals surface area (Å²) in [4.78, 5) is 0. The van der Waals surface area contributed by atoms with Crippen molar-refractivity contribution in [1.29, 1.82) is 0 Å². The molecule has 4 heteroatoms. The summed E-state index contributed by atoms with van der Waals surface area (Å²) in [6, 6.07) is 45.7. The van der Waals surface area contributed by atoms with Crippen LogP contribution in [0.3, 0.4) is 0 Å². The Balaban J connectivity index is 1.12. The van der Waals surface area contributed by atoms with Crippen molar-refractivity contribution in [3.05, 3.63) is 133 Å². The van der Waals surface area contributed by atoms with Crippen molar-refractivity contribution in [3.8, 4) is 68.2 Å². The maximum absolute atomic E-state index is 6.24. The molecule has 2 aliphatic rings. The average molecular weight is 567 g/mol. The number of para-hydroxylation sites is 4. The van der Waals surface area contributed by atoms with Gasteiger partial charge in [-0.3, -0.25) is 0 Å². The van der Waals surface area contributed by atoms with Crippen LogP contribution >= 0.6 is 0 Å². The lowest BCUT2D eigenvalue weighted by atomic mass is 9.87. The first-order valence-corrected chi connectivity index (χ1v) is 14.7. The van der Waals surface area contributed by atoms with Gasteiger partial charge in [-0.25, -0.2) is 0 Å². The second kappa shape index (κ2) is 8.76. The summed E-state index contributed by atoms with van der Waals surface area (Å²) in [5.41, 5.74) is 4.47. The summed E-state index contributed by atoms with van der Waals surface area (Å²) in [5.74, 6) is 5.79. The second-order valence-corrected chi connectivity index (χ2v) is 11.3. The number of hydrogen-bond acceptors (Lipinski definition) is 4. The smallest absolute Gasteiger partial charge is 0.170 e. The van der Waals surface area contributed by atoms with Crippen LogP contribution in [0.1, 0.15) is 0 Å². The molecule has 0 saturated heterocycles. The predicted octanol–water partition coefficient (Wildman–Crippen LogP) is 11.7. The van der Waals surface area contributed by atoms with E-state index in [0.29, 0.717) is 0 Å². The Hall–Kier alpha value is -6.00. The highest BCUT2D eigenvalue weighted by atomic mass is 16.6. The van der Waals surface area contributed by atoms with E-state index < -0.39 is 0 Å². The largest absolute Gasteiger partial charge is 0.450 e. The fourth-order valence-electron chi connectivity index (χ4n) is 6.70. The molecule has 0 atom stereocenters. The molecule has 10 rings (SSSR count). The molecular weight excluding hydrogens is 544 g/mol. The lowest BCUT2D eigenvalue weighted by Crippen LogP contribution is -1.99. The molecule has 0 saturated carbocycles. The quantitative estimate of drug-likeness (QED) is 0.195. The van der Waals surface area contributed by atoms with Crippen LogP contribution in [0.25, 0.3) is 54.6 Å². The standard InChI is InChI=1S/C40H22O4/c1-3-7-33-31(5-1)41-35-19-13-25(21-37(35)43-33)27-15-9-23-12-18-30-28(16-10-24-11-17-29(27)39(23)40(24)30)26-14-20-36-38(22-26)44-34-8-4-2-6-32(34)42-36/h1-22H. The monoisotopic (exact) mass is 566 g/mol. The van der Waals surface area contributed by atoms with E-state index in [4.69, 9.17) is 18.9 Å². The summed E-state index contributed by atoms with van der Waals surface area (Å²) in [6.45, 7) is 0. The maximum atomic E-state index is 6.24. The molecule has 44 heavy (non-hydrogen) atoms. The highest BCUT2D eigenvalue weighted by Crippen LogP contribution is 2.50. The fourth-order valence-corrected chi connectivity index (χ4v) is 6.70. The molecule has 0 fully saturated rings. The Labute approximate surface area is 252 Å². The zero-order valence-corrected chi connectivity index (χ0v) is 23.3. The molecule has 8 aromatic carbocycles. The zero-order chi connectivity index (χ0) is 28.8. The van der Waals surface area contributed by atoms with Gasteiger partial charge in [-0.05, 0) is 103 Å². The second-order valence-electron chi connectivity index (χ2n) is 11.3. The Morgan fingerprint density at radius 2 is 0.659 bits per heavy atom. The number of fused-ring (bicyclic) bond motifs is 4. The molecule has 0 amide bonds. The maximum Gasteiger partial charge on any atom is 0.170 e. The van der Waals surface area contributed by atoms with Crippen LogP contribution in [-0.2, 0) is 0 Å². The summed E-state index contributed by atoms with van der Waals surface area (Å²) in [7, 11) is 0. The van der Waals surface area contributed by atoms with Crippen LogP contribution < -0.4 is 18.9 Å². The van der Waals surface area contributed by atoms with Gasteiger partial charge in [0.25, 0.3) is 0 Å². The molecule has 206 valence electrons. The molecule has 0 aliphatic carbocycles. The first kappa shape index (κ1) is 23.6. The molecule has 0 bridgehead atoms. The van der Waals surface area contributed by atoms with Crippen molar-refractivity contribution in [3.63, 3.8) is 0 Å². The number of benzene rings is 8. The molecule has 4 nitrogen and oxygen atoms in total. The third kappa shape index (κ3) is 3.39. The van der Waals surface area contributed by atoms with E-state index in [9.17, 15) is 0 Å². The minimum atomic E-state index is 0.718. The van der Waals surface area contributed by atoms with Crippen molar-refractivity contribution in [2.24, 2.45) is 0 Å². The van der Waals surface area contributed by atoms with E-state index in [1.807, 2.05) is 60.7 Å². The molecule has 2 heterocycles. The summed E-state index contributed by atoms with van der Waals surface area (Å²) in [6.07, 6.45) is 0. The van der Waals surface area contributed by atoms with Crippen LogP contribution in [0.5, 0.6) is 46.0 Å². The van der Waals surface area contributed by atoms with Crippen molar-refractivity contribution in [2.45, 2.75) is 0 Å². The van der Waals surface area contributed by atoms with Crippen molar-refractivity contribution < 1.29 is 18.9 Å². The molecule has 8 aromatic rings. The van der Waals surface area contributed by atoms with Crippen LogP contribution in [0, 0.1) is 0 Å². The highest BCUT2D eigenvalue weighted by molar-refractivity contribution is 6.27. The lowest BCUT2D eigenvalue weighted by Gasteiger charge is -2.22. The molecule has 2 aliphatic heterocycles. The SMILES string of the molecule is c1ccc2c(c1)Oc1ccc(-c3ccc4ccc5c(-c6ccc7c(c6)Oc6ccccc6O7)ccc6ccc3c4c65)cc1O2. The van der Waals surface area contributed by atoms with Gasteiger partial charge in [0.1, 0.15) is 0 Å². The first-order valence-electron chi connectivity index (χ1n) is 14.7. The van der Waals surface area contributed by atoms with Crippen molar-refractivity contribution >= 4 is 32.3 Å². The predicted molar refractivity (Wildman–Crippen MR) is 174 cm³/mol. The molecule has 0 unspecified atom stereocenters. The average Bonchev–Trinajstić information content (AvgIpc) is 3.08. The number of rotatable bonds is 2. The van der Waals surface area contributed by atoms with Crippen LogP contribution in [0.2, 0.25) is 0 Å². The van der Waals surface area contributed by atoms with Crippen molar-refractivity contribution in [2.75, 3.05) is 0 Å². The van der Waals surface area contributed by atoms with Gasteiger partial charge >= 0.3 is 0 Å². The van der Waals surface area contributed by atoms with E-state index in [1.165, 1.54) is 32.3 Å². The van der Waals surface area contributed by atoms with Gasteiger partial charge < -0.3 is 18.9 Å². The zero-order valence-electron chi connectivity index (χ0n) is 23.3. The van der Waals surface area contributed by atoms with E-state index >= 15 is 0 Å². The van der Waals surface area contributed by atoms with E-state index in [1.54, 1.807) is 0 Å². The minimum absolute atomic E-state index is 0.718. The Bertz CT molecular complexity index is 2290. The van der Waals surface area contributed by atoms with Gasteiger partial charge in [-0.2, -0.15) is 0 Å². The Kier molecular flexibility index (Phi) is 4.69. The topological polar surface area (TPSA) is 36.9 Å². The van der Waals surface area contributed by atoms with Crippen LogP contribution in [0.15, 0.2) is 133 Å². The first-order chi connectivity index (χ1) is 21.8. The van der Waals surface area contributed by atoms with E-state index in [2.05, 4.69) is 72.8 Å². The van der Waals surface area contributed by atoms with E-state index in [-0.39, 0.29) is 0 Å². The van der Waals surface area contributed by atoms with Gasteiger partial charge in [0.05, 0.1) is 0 Å². The molecular formula is C40H22O4. The van der Waals surface area contributed by atoms with Gasteiger partial charge in [-0.1, -0.05) is 84.9 Å². The summed E-state index contributed by atoms with van der Waals surface area (Å²) >= 11 is 0. The Morgan fingerprint density at radius 1 is 0.295 bits per heavy atom. The van der Waals surface area contributed by atoms with Gasteiger partial charge in [0.15, 0.2) is 46.0 Å². The van der Waals surface area contributed by atoms with E-state index in [0.717, 1.165) is 68.2 Å². The van der Waals surface area contributed by atoms with Crippen LogP contribution in [0.4, 0.5) is 0 Å². The molecule has 0 radical (unpaired) electrons. The molecule has 0 spiro atoms. The number of hydrogen-bond donors (Lipinski definition) is 0. The van der Waals surface area contributed by atoms with Gasteiger partial charge in [0.2, 0.25) is 0 Å². The third-order valence-electron chi connectivity index (χ3n) is 8.75. The van der Waals surface area contributed by atoms with Gasteiger partial charge in [-0.15, -0.1) is 0 Å². The molecule has 0 N–H and O–H groups in total. The highest BCUT2D eigenvalue weighted by Gasteiger charge is 2.22. The van der Waals surface area contributed by atoms with Crippen molar-refractivity contribution in [1.82, 2.24) is 0 Å². The lowest BCUT2D eigenvalue weighted by molar-refractivity contribution is 0.360. The third-order valence-corrected chi connectivity index (χ3v) is 8.75. The fraction of sp³-hybridized carbons (Fsp3) is 0. The normalized spacial score (nSPS) is 12.8. The molecule has 0 aromatic heterocycles. The minimum Gasteiger partial charge on any atom is -0.450 e. The van der Waals surface area contributed by atoms with Crippen LogP contribution in [-0.4, -0.2) is 0 Å². The Morgan fingerprint density at radius 3 is 1.09 bits per heavy atom.